The van der Waals surface area contributed by atoms with Gasteiger partial charge in [-0.25, -0.2) is 0 Å². The summed E-state index contributed by atoms with van der Waals surface area (Å²) in [4.78, 5) is 16.6. The van der Waals surface area contributed by atoms with Crippen molar-refractivity contribution in [1.82, 2.24) is 20.3 Å². The van der Waals surface area contributed by atoms with Crippen LogP contribution in [0, 0.1) is 12.8 Å². The Labute approximate surface area is 229 Å². The predicted octanol–water partition coefficient (Wildman–Crippen LogP) is 5.74. The van der Waals surface area contributed by atoms with E-state index in [-0.39, 0.29) is 11.0 Å². The Kier molecular flexibility index (Phi) is 8.58. The molecule has 0 aliphatic rings. The first-order valence-corrected chi connectivity index (χ1v) is 13.3. The third-order valence-corrected chi connectivity index (χ3v) is 6.31. The van der Waals surface area contributed by atoms with Crippen LogP contribution >= 0.6 is 12.2 Å². The van der Waals surface area contributed by atoms with Gasteiger partial charge in [-0.3, -0.25) is 10.1 Å². The zero-order valence-electron chi connectivity index (χ0n) is 22.5. The number of hydrogen-bond donors (Lipinski definition) is 2. The van der Waals surface area contributed by atoms with E-state index < -0.39 is 0 Å². The van der Waals surface area contributed by atoms with Crippen LogP contribution in [0.25, 0.3) is 16.7 Å². The van der Waals surface area contributed by atoms with Crippen molar-refractivity contribution in [3.63, 3.8) is 0 Å². The number of carbonyl (C=O) groups excluding carboxylic acids is 1. The van der Waals surface area contributed by atoms with Gasteiger partial charge < -0.3 is 15.0 Å². The molecule has 0 saturated carbocycles. The summed E-state index contributed by atoms with van der Waals surface area (Å²) in [5, 5.41) is 15.4. The molecule has 1 aromatic heterocycles. The van der Waals surface area contributed by atoms with E-state index in [0.717, 1.165) is 46.8 Å². The van der Waals surface area contributed by atoms with Crippen molar-refractivity contribution in [3.05, 3.63) is 71.8 Å². The van der Waals surface area contributed by atoms with E-state index >= 15 is 0 Å². The molecule has 0 unspecified atom stereocenters. The van der Waals surface area contributed by atoms with E-state index in [1.54, 1.807) is 29.1 Å². The maximum atomic E-state index is 12.7. The third-order valence-electron chi connectivity index (χ3n) is 6.11. The first kappa shape index (κ1) is 27.1. The number of hydrogen-bond acceptors (Lipinski definition) is 6. The Morgan fingerprint density at radius 1 is 1.00 bits per heavy atom. The summed E-state index contributed by atoms with van der Waals surface area (Å²) < 4.78 is 5.68. The number of nitrogens with zero attached hydrogens (tertiary/aromatic N) is 4. The number of fused-ring (bicyclic) bond motifs is 1. The first-order chi connectivity index (χ1) is 18.3. The Balaban J connectivity index is 1.43. The molecule has 9 heteroatoms. The van der Waals surface area contributed by atoms with Crippen LogP contribution in [0.1, 0.15) is 43.6 Å². The number of nitrogens with one attached hydrogen (secondary N) is 2. The molecule has 0 saturated heterocycles. The molecule has 8 nitrogen and oxygen atoms in total. The van der Waals surface area contributed by atoms with Gasteiger partial charge in [0, 0.05) is 30.0 Å². The monoisotopic (exact) mass is 530 g/mol. The molecule has 0 atom stereocenters. The van der Waals surface area contributed by atoms with Crippen LogP contribution < -0.4 is 20.3 Å². The Bertz CT molecular complexity index is 1410. The molecule has 0 fully saturated rings. The SMILES string of the molecule is CCN(CC)c1ccc(-n2nc3cc(C)c(NC(=S)NC(=O)c4ccc(OCC(C)C)cc4)cc3n2)cc1. The zero-order chi connectivity index (χ0) is 27.2. The summed E-state index contributed by atoms with van der Waals surface area (Å²) in [6.07, 6.45) is 0. The van der Waals surface area contributed by atoms with Crippen molar-refractivity contribution >= 4 is 45.6 Å². The molecule has 1 amide bonds. The van der Waals surface area contributed by atoms with Gasteiger partial charge in [0.05, 0.1) is 12.3 Å². The second kappa shape index (κ2) is 12.0. The topological polar surface area (TPSA) is 84.3 Å². The van der Waals surface area contributed by atoms with Gasteiger partial charge in [-0.15, -0.1) is 10.2 Å². The fourth-order valence-corrected chi connectivity index (χ4v) is 4.20. The van der Waals surface area contributed by atoms with Crippen molar-refractivity contribution in [2.45, 2.75) is 34.6 Å². The van der Waals surface area contributed by atoms with Gasteiger partial charge in [0.25, 0.3) is 5.91 Å². The van der Waals surface area contributed by atoms with Gasteiger partial charge >= 0.3 is 0 Å². The number of thiocarbonyl (C=S) groups is 1. The minimum atomic E-state index is -0.296. The van der Waals surface area contributed by atoms with E-state index in [1.165, 1.54) is 5.69 Å². The van der Waals surface area contributed by atoms with Crippen LogP contribution in [-0.4, -0.2) is 45.7 Å². The lowest BCUT2D eigenvalue weighted by Crippen LogP contribution is -2.34. The van der Waals surface area contributed by atoms with E-state index in [4.69, 9.17) is 17.0 Å². The number of amides is 1. The van der Waals surface area contributed by atoms with Gasteiger partial charge in [-0.1, -0.05) is 13.8 Å². The fourth-order valence-electron chi connectivity index (χ4n) is 4.00. The Morgan fingerprint density at radius 2 is 1.63 bits per heavy atom. The molecule has 0 radical (unpaired) electrons. The maximum Gasteiger partial charge on any atom is 0.257 e. The van der Waals surface area contributed by atoms with Crippen LogP contribution in [0.4, 0.5) is 11.4 Å². The van der Waals surface area contributed by atoms with Crippen molar-refractivity contribution < 1.29 is 9.53 Å². The molecule has 1 heterocycles. The molecule has 4 rings (SSSR count). The van der Waals surface area contributed by atoms with Crippen LogP contribution in [0.2, 0.25) is 0 Å². The highest BCUT2D eigenvalue weighted by Crippen LogP contribution is 2.23. The van der Waals surface area contributed by atoms with E-state index in [1.807, 2.05) is 31.2 Å². The second-order valence-corrected chi connectivity index (χ2v) is 9.88. The van der Waals surface area contributed by atoms with E-state index in [0.29, 0.717) is 18.1 Å². The fraction of sp³-hybridized carbons (Fsp3) is 0.310. The van der Waals surface area contributed by atoms with Crippen LogP contribution in [0.3, 0.4) is 0 Å². The van der Waals surface area contributed by atoms with Gasteiger partial charge in [-0.2, -0.15) is 4.80 Å². The Morgan fingerprint density at radius 3 is 2.24 bits per heavy atom. The summed E-state index contributed by atoms with van der Waals surface area (Å²) in [6.45, 7) is 13.0. The van der Waals surface area contributed by atoms with Gasteiger partial charge in [-0.05, 0) is 105 Å². The average molecular weight is 531 g/mol. The molecule has 0 aliphatic carbocycles. The molecule has 4 aromatic rings. The zero-order valence-corrected chi connectivity index (χ0v) is 23.3. The summed E-state index contributed by atoms with van der Waals surface area (Å²) in [5.41, 5.74) is 5.73. The molecule has 198 valence electrons. The average Bonchev–Trinajstić information content (AvgIpc) is 3.31. The summed E-state index contributed by atoms with van der Waals surface area (Å²) in [5.74, 6) is 0.862. The van der Waals surface area contributed by atoms with Crippen molar-refractivity contribution in [3.8, 4) is 11.4 Å². The number of anilines is 2. The lowest BCUT2D eigenvalue weighted by Gasteiger charge is -2.20. The smallest absolute Gasteiger partial charge is 0.257 e. The summed E-state index contributed by atoms with van der Waals surface area (Å²) >= 11 is 5.41. The second-order valence-electron chi connectivity index (χ2n) is 9.47. The quantitative estimate of drug-likeness (QED) is 0.267. The molecular formula is C29H34N6O2S. The number of carbonyl (C=O) groups is 1. The van der Waals surface area contributed by atoms with E-state index in [2.05, 4.69) is 65.6 Å². The largest absolute Gasteiger partial charge is 0.493 e. The molecule has 0 spiro atoms. The third kappa shape index (κ3) is 6.47. The van der Waals surface area contributed by atoms with E-state index in [9.17, 15) is 4.79 Å². The first-order valence-electron chi connectivity index (χ1n) is 12.9. The minimum Gasteiger partial charge on any atom is -0.493 e. The highest BCUT2D eigenvalue weighted by Gasteiger charge is 2.13. The minimum absolute atomic E-state index is 0.206. The van der Waals surface area contributed by atoms with Crippen molar-refractivity contribution in [2.24, 2.45) is 5.92 Å². The molecular weight excluding hydrogens is 496 g/mol. The lowest BCUT2D eigenvalue weighted by molar-refractivity contribution is 0.0977. The number of rotatable bonds is 9. The van der Waals surface area contributed by atoms with Gasteiger partial charge in [0.2, 0.25) is 0 Å². The number of aryl methyl sites for hydroxylation is 1. The predicted molar refractivity (Wildman–Crippen MR) is 158 cm³/mol. The van der Waals surface area contributed by atoms with Crippen LogP contribution in [0.15, 0.2) is 60.7 Å². The number of benzene rings is 3. The van der Waals surface area contributed by atoms with Gasteiger partial charge in [0.15, 0.2) is 5.11 Å². The number of ether oxygens (including phenoxy) is 1. The molecule has 38 heavy (non-hydrogen) atoms. The highest BCUT2D eigenvalue weighted by atomic mass is 32.1. The standard InChI is InChI=1S/C29H34N6O2S/c1-6-34(7-2)22-10-12-23(13-11-22)35-32-26-16-20(5)25(17-27(26)33-35)30-29(38)31-28(36)21-8-14-24(15-9-21)37-18-19(3)4/h8-17,19H,6-7,18H2,1-5H3,(H2,30,31,36,38). The summed E-state index contributed by atoms with van der Waals surface area (Å²) in [6, 6.07) is 19.1. The molecule has 0 aliphatic heterocycles. The summed E-state index contributed by atoms with van der Waals surface area (Å²) in [7, 11) is 0. The molecule has 3 aromatic carbocycles. The van der Waals surface area contributed by atoms with Crippen molar-refractivity contribution in [1.29, 1.82) is 0 Å². The highest BCUT2D eigenvalue weighted by molar-refractivity contribution is 7.80. The number of aromatic nitrogens is 3. The lowest BCUT2D eigenvalue weighted by atomic mass is 10.2. The van der Waals surface area contributed by atoms with Gasteiger partial charge in [0.1, 0.15) is 16.8 Å². The Hall–Kier alpha value is -3.98. The van der Waals surface area contributed by atoms with Crippen molar-refractivity contribution in [2.75, 3.05) is 29.9 Å². The molecule has 2 N–H and O–H groups in total. The van der Waals surface area contributed by atoms with Crippen LogP contribution in [0.5, 0.6) is 5.75 Å². The molecule has 0 bridgehead atoms. The maximum absolute atomic E-state index is 12.7. The van der Waals surface area contributed by atoms with Crippen LogP contribution in [-0.2, 0) is 0 Å². The normalized spacial score (nSPS) is 11.0.